The SMILES string of the molecule is CC(=O)Nc1cn(C(=O)O)c2ccc(CC=O)cc12. The van der Waals surface area contributed by atoms with Crippen molar-refractivity contribution in [2.75, 3.05) is 5.32 Å². The lowest BCUT2D eigenvalue weighted by atomic mass is 10.1. The maximum atomic E-state index is 11.1. The predicted molar refractivity (Wildman–Crippen MR) is 69.4 cm³/mol. The molecule has 1 aromatic carbocycles. The predicted octanol–water partition coefficient (Wildman–Crippen LogP) is 1.87. The Bertz CT molecular complexity index is 673. The van der Waals surface area contributed by atoms with Crippen LogP contribution in [0.5, 0.6) is 0 Å². The van der Waals surface area contributed by atoms with Crippen molar-refractivity contribution in [3.63, 3.8) is 0 Å². The van der Waals surface area contributed by atoms with Gasteiger partial charge in [-0.3, -0.25) is 9.36 Å². The third-order valence-electron chi connectivity index (χ3n) is 2.70. The Labute approximate surface area is 108 Å². The molecule has 0 aliphatic rings. The molecule has 2 N–H and O–H groups in total. The first kappa shape index (κ1) is 12.8. The van der Waals surface area contributed by atoms with Gasteiger partial charge in [-0.25, -0.2) is 4.79 Å². The summed E-state index contributed by atoms with van der Waals surface area (Å²) in [5.74, 6) is -0.287. The van der Waals surface area contributed by atoms with Crippen LogP contribution in [0.15, 0.2) is 24.4 Å². The Morgan fingerprint density at radius 1 is 1.42 bits per heavy atom. The van der Waals surface area contributed by atoms with Crippen molar-refractivity contribution in [1.82, 2.24) is 4.57 Å². The largest absolute Gasteiger partial charge is 0.464 e. The zero-order valence-corrected chi connectivity index (χ0v) is 10.2. The van der Waals surface area contributed by atoms with Crippen LogP contribution in [0.3, 0.4) is 0 Å². The average molecular weight is 260 g/mol. The smallest absolute Gasteiger partial charge is 0.416 e. The number of amides is 1. The second-order valence-electron chi connectivity index (χ2n) is 4.10. The fourth-order valence-electron chi connectivity index (χ4n) is 1.95. The number of nitrogens with zero attached hydrogens (tertiary/aromatic N) is 1. The number of aromatic nitrogens is 1. The summed E-state index contributed by atoms with van der Waals surface area (Å²) in [4.78, 5) is 32.8. The van der Waals surface area contributed by atoms with Crippen molar-refractivity contribution in [1.29, 1.82) is 0 Å². The first-order chi connectivity index (χ1) is 9.02. The van der Waals surface area contributed by atoms with Gasteiger partial charge in [0.05, 0.1) is 11.2 Å². The van der Waals surface area contributed by atoms with E-state index in [0.717, 1.165) is 16.4 Å². The lowest BCUT2D eigenvalue weighted by molar-refractivity contribution is -0.114. The summed E-state index contributed by atoms with van der Waals surface area (Å²) in [6.07, 6.45) is 1.23. The minimum absolute atomic E-state index is 0.244. The monoisotopic (exact) mass is 260 g/mol. The van der Waals surface area contributed by atoms with E-state index in [-0.39, 0.29) is 12.3 Å². The molecule has 6 heteroatoms. The Hall–Kier alpha value is -2.63. The fraction of sp³-hybridized carbons (Fsp3) is 0.154. The number of benzene rings is 1. The Morgan fingerprint density at radius 2 is 2.16 bits per heavy atom. The van der Waals surface area contributed by atoms with Gasteiger partial charge in [0.15, 0.2) is 0 Å². The molecule has 0 atom stereocenters. The molecule has 0 aliphatic carbocycles. The quantitative estimate of drug-likeness (QED) is 0.824. The van der Waals surface area contributed by atoms with E-state index in [2.05, 4.69) is 5.32 Å². The highest BCUT2D eigenvalue weighted by Crippen LogP contribution is 2.27. The number of carbonyl (C=O) groups excluding carboxylic acids is 2. The topological polar surface area (TPSA) is 88.4 Å². The molecular weight excluding hydrogens is 248 g/mol. The van der Waals surface area contributed by atoms with Gasteiger partial charge < -0.3 is 15.2 Å². The zero-order valence-electron chi connectivity index (χ0n) is 10.2. The van der Waals surface area contributed by atoms with Crippen LogP contribution in [0.25, 0.3) is 10.9 Å². The van der Waals surface area contributed by atoms with Gasteiger partial charge in [0, 0.05) is 24.9 Å². The molecule has 1 heterocycles. The summed E-state index contributed by atoms with van der Waals surface area (Å²) in [6.45, 7) is 1.35. The highest BCUT2D eigenvalue weighted by atomic mass is 16.4. The van der Waals surface area contributed by atoms with Gasteiger partial charge in [0.2, 0.25) is 5.91 Å². The fourth-order valence-corrected chi connectivity index (χ4v) is 1.95. The van der Waals surface area contributed by atoms with Crippen molar-refractivity contribution in [2.24, 2.45) is 0 Å². The van der Waals surface area contributed by atoms with Gasteiger partial charge in [0.25, 0.3) is 0 Å². The molecule has 0 spiro atoms. The Morgan fingerprint density at radius 3 is 2.74 bits per heavy atom. The van der Waals surface area contributed by atoms with Gasteiger partial charge in [-0.1, -0.05) is 6.07 Å². The van der Waals surface area contributed by atoms with E-state index in [1.165, 1.54) is 13.1 Å². The number of carbonyl (C=O) groups is 3. The van der Waals surface area contributed by atoms with E-state index in [1.807, 2.05) is 0 Å². The van der Waals surface area contributed by atoms with E-state index in [4.69, 9.17) is 5.11 Å². The summed E-state index contributed by atoms with van der Waals surface area (Å²) in [7, 11) is 0. The molecule has 98 valence electrons. The molecule has 0 fully saturated rings. The summed E-state index contributed by atoms with van der Waals surface area (Å²) in [5.41, 5.74) is 1.64. The van der Waals surface area contributed by atoms with Crippen molar-refractivity contribution < 1.29 is 19.5 Å². The van der Waals surface area contributed by atoms with Crippen LogP contribution in [0.2, 0.25) is 0 Å². The average Bonchev–Trinajstić information content (AvgIpc) is 2.68. The van der Waals surface area contributed by atoms with Gasteiger partial charge in [-0.05, 0) is 17.7 Å². The molecule has 0 unspecified atom stereocenters. The Balaban J connectivity index is 2.64. The number of carboxylic acid groups (broad SMARTS) is 1. The number of anilines is 1. The standard InChI is InChI=1S/C13H12N2O4/c1-8(17)14-11-7-15(13(18)19)12-3-2-9(4-5-16)6-10(11)12/h2-3,5-7H,4H2,1H3,(H,14,17)(H,18,19). The van der Waals surface area contributed by atoms with Crippen LogP contribution in [-0.4, -0.2) is 28.0 Å². The van der Waals surface area contributed by atoms with Crippen molar-refractivity contribution in [3.8, 4) is 0 Å². The lowest BCUT2D eigenvalue weighted by Gasteiger charge is -2.01. The number of rotatable bonds is 3. The molecule has 6 nitrogen and oxygen atoms in total. The first-order valence-electron chi connectivity index (χ1n) is 5.61. The van der Waals surface area contributed by atoms with Crippen LogP contribution in [-0.2, 0) is 16.0 Å². The van der Waals surface area contributed by atoms with Gasteiger partial charge in [0.1, 0.15) is 6.29 Å². The van der Waals surface area contributed by atoms with Gasteiger partial charge in [-0.15, -0.1) is 0 Å². The highest BCUT2D eigenvalue weighted by molar-refractivity contribution is 6.04. The highest BCUT2D eigenvalue weighted by Gasteiger charge is 2.13. The van der Waals surface area contributed by atoms with Gasteiger partial charge in [-0.2, -0.15) is 0 Å². The third kappa shape index (κ3) is 2.47. The van der Waals surface area contributed by atoms with E-state index < -0.39 is 6.09 Å². The Kier molecular flexibility index (Phi) is 3.33. The molecular formula is C13H12N2O4. The van der Waals surface area contributed by atoms with Crippen molar-refractivity contribution in [3.05, 3.63) is 30.0 Å². The number of hydrogen-bond donors (Lipinski definition) is 2. The maximum Gasteiger partial charge on any atom is 0.416 e. The number of aldehydes is 1. The van der Waals surface area contributed by atoms with Crippen LogP contribution in [0, 0.1) is 0 Å². The second-order valence-corrected chi connectivity index (χ2v) is 4.10. The maximum absolute atomic E-state index is 11.1. The molecule has 0 bridgehead atoms. The van der Waals surface area contributed by atoms with Crippen LogP contribution < -0.4 is 5.32 Å². The lowest BCUT2D eigenvalue weighted by Crippen LogP contribution is -2.07. The molecule has 2 rings (SSSR count). The van der Waals surface area contributed by atoms with Crippen LogP contribution >= 0.6 is 0 Å². The molecule has 1 aromatic heterocycles. The third-order valence-corrected chi connectivity index (χ3v) is 2.70. The zero-order chi connectivity index (χ0) is 14.0. The second kappa shape index (κ2) is 4.93. The van der Waals surface area contributed by atoms with Crippen LogP contribution in [0.4, 0.5) is 10.5 Å². The minimum Gasteiger partial charge on any atom is -0.464 e. The number of nitrogens with one attached hydrogen (secondary N) is 1. The van der Waals surface area contributed by atoms with E-state index >= 15 is 0 Å². The number of fused-ring (bicyclic) bond motifs is 1. The molecule has 0 aliphatic heterocycles. The molecule has 0 radical (unpaired) electrons. The summed E-state index contributed by atoms with van der Waals surface area (Å²) >= 11 is 0. The molecule has 0 saturated heterocycles. The van der Waals surface area contributed by atoms with E-state index in [0.29, 0.717) is 16.6 Å². The van der Waals surface area contributed by atoms with Crippen molar-refractivity contribution in [2.45, 2.75) is 13.3 Å². The number of hydrogen-bond acceptors (Lipinski definition) is 3. The first-order valence-corrected chi connectivity index (χ1v) is 5.61. The molecule has 2 aromatic rings. The van der Waals surface area contributed by atoms with Crippen molar-refractivity contribution >= 4 is 34.9 Å². The summed E-state index contributed by atoms with van der Waals surface area (Å²) in [6, 6.07) is 5.01. The van der Waals surface area contributed by atoms with E-state index in [1.54, 1.807) is 18.2 Å². The minimum atomic E-state index is -1.13. The normalized spacial score (nSPS) is 10.4. The molecule has 19 heavy (non-hydrogen) atoms. The van der Waals surface area contributed by atoms with Crippen LogP contribution in [0.1, 0.15) is 12.5 Å². The van der Waals surface area contributed by atoms with Gasteiger partial charge >= 0.3 is 6.09 Å². The summed E-state index contributed by atoms with van der Waals surface area (Å²) < 4.78 is 1.03. The molecule has 0 saturated carbocycles. The molecule has 1 amide bonds. The summed E-state index contributed by atoms with van der Waals surface area (Å²) in [5, 5.41) is 12.3. The van der Waals surface area contributed by atoms with E-state index in [9.17, 15) is 14.4 Å².